The summed E-state index contributed by atoms with van der Waals surface area (Å²) in [6.07, 6.45) is 6.28. The third-order valence-electron chi connectivity index (χ3n) is 4.28. The molecule has 29 heavy (non-hydrogen) atoms. The molecule has 10 heteroatoms. The lowest BCUT2D eigenvalue weighted by molar-refractivity contribution is 0.260. The molecule has 0 aliphatic carbocycles. The second-order valence-electron chi connectivity index (χ2n) is 6.71. The van der Waals surface area contributed by atoms with E-state index in [1.165, 1.54) is 0 Å². The zero-order valence-corrected chi connectivity index (χ0v) is 16.9. The van der Waals surface area contributed by atoms with Crippen LogP contribution in [-0.4, -0.2) is 66.2 Å². The van der Waals surface area contributed by atoms with Crippen LogP contribution in [0.15, 0.2) is 35.8 Å². The summed E-state index contributed by atoms with van der Waals surface area (Å²) in [6, 6.07) is 3.80. The molecule has 0 aromatic carbocycles. The van der Waals surface area contributed by atoms with E-state index in [-0.39, 0.29) is 5.69 Å². The van der Waals surface area contributed by atoms with Gasteiger partial charge in [-0.1, -0.05) is 0 Å². The van der Waals surface area contributed by atoms with Crippen molar-refractivity contribution in [2.45, 2.75) is 6.29 Å². The number of hydrogen-bond donors (Lipinski definition) is 1. The van der Waals surface area contributed by atoms with Gasteiger partial charge in [-0.25, -0.2) is 9.98 Å². The first-order valence-corrected chi connectivity index (χ1v) is 8.97. The summed E-state index contributed by atoms with van der Waals surface area (Å²) < 4.78 is 12.9. The zero-order chi connectivity index (χ0) is 21.0. The van der Waals surface area contributed by atoms with Crippen molar-refractivity contribution in [3.8, 4) is 11.8 Å². The standard InChI is InChI=1S/C19H24N8O2/c1-25(2)5-6-29-17-7-14(10-22-16(17)8-20)27-12-15(13-9-23-26(3)11-13)18(28-4)24-19(27)21/h7,9-12,19H,5-6,21H2,1-4H3. The van der Waals surface area contributed by atoms with Crippen LogP contribution in [0.1, 0.15) is 11.3 Å². The Kier molecular flexibility index (Phi) is 6.11. The molecule has 3 heterocycles. The average molecular weight is 396 g/mol. The molecule has 2 aromatic rings. The van der Waals surface area contributed by atoms with Gasteiger partial charge >= 0.3 is 0 Å². The van der Waals surface area contributed by atoms with Crippen LogP contribution in [0.5, 0.6) is 5.75 Å². The quantitative estimate of drug-likeness (QED) is 0.761. The van der Waals surface area contributed by atoms with E-state index in [1.54, 1.807) is 35.2 Å². The smallest absolute Gasteiger partial charge is 0.221 e. The predicted octanol–water partition coefficient (Wildman–Crippen LogP) is 0.775. The van der Waals surface area contributed by atoms with E-state index in [4.69, 9.17) is 15.2 Å². The average Bonchev–Trinajstić information content (AvgIpc) is 3.13. The van der Waals surface area contributed by atoms with Crippen LogP contribution in [0.2, 0.25) is 0 Å². The first-order chi connectivity index (χ1) is 13.9. The monoisotopic (exact) mass is 396 g/mol. The molecule has 0 bridgehead atoms. The molecule has 152 valence electrons. The highest BCUT2D eigenvalue weighted by atomic mass is 16.5. The normalized spacial score (nSPS) is 16.3. The second kappa shape index (κ2) is 8.72. The number of methoxy groups -OCH3 is 1. The Morgan fingerprint density at radius 2 is 2.14 bits per heavy atom. The molecule has 0 saturated heterocycles. The number of aryl methyl sites for hydroxylation is 1. The van der Waals surface area contributed by atoms with E-state index in [0.717, 1.165) is 11.1 Å². The minimum absolute atomic E-state index is 0.218. The summed E-state index contributed by atoms with van der Waals surface area (Å²) in [6.45, 7) is 1.15. The number of aromatic nitrogens is 3. The van der Waals surface area contributed by atoms with Gasteiger partial charge in [0.05, 0.1) is 30.8 Å². The van der Waals surface area contributed by atoms with Crippen molar-refractivity contribution in [1.82, 2.24) is 19.7 Å². The van der Waals surface area contributed by atoms with Gasteiger partial charge in [-0.05, 0) is 14.1 Å². The number of nitrogens with zero attached hydrogens (tertiary/aromatic N) is 7. The third kappa shape index (κ3) is 4.53. The molecule has 0 saturated carbocycles. The van der Waals surface area contributed by atoms with Crippen LogP contribution in [0.25, 0.3) is 5.57 Å². The van der Waals surface area contributed by atoms with E-state index in [2.05, 4.69) is 21.1 Å². The van der Waals surface area contributed by atoms with E-state index in [0.29, 0.717) is 30.5 Å². The van der Waals surface area contributed by atoms with Crippen LogP contribution in [-0.2, 0) is 11.8 Å². The maximum atomic E-state index is 9.34. The number of anilines is 1. The third-order valence-corrected chi connectivity index (χ3v) is 4.28. The fourth-order valence-corrected chi connectivity index (χ4v) is 2.78. The highest BCUT2D eigenvalue weighted by Crippen LogP contribution is 2.29. The summed E-state index contributed by atoms with van der Waals surface area (Å²) in [5.41, 5.74) is 8.68. The molecule has 0 spiro atoms. The van der Waals surface area contributed by atoms with Crippen molar-refractivity contribution in [3.63, 3.8) is 0 Å². The summed E-state index contributed by atoms with van der Waals surface area (Å²) in [5.74, 6) is 0.822. The first kappa shape index (κ1) is 20.3. The van der Waals surface area contributed by atoms with Crippen molar-refractivity contribution in [2.24, 2.45) is 17.8 Å². The summed E-state index contributed by atoms with van der Waals surface area (Å²) >= 11 is 0. The number of ether oxygens (including phenoxy) is 2. The number of hydrogen-bond acceptors (Lipinski definition) is 9. The molecule has 1 aliphatic rings. The summed E-state index contributed by atoms with van der Waals surface area (Å²) in [4.78, 5) is 12.4. The number of nitriles is 1. The molecular formula is C19H24N8O2. The predicted molar refractivity (Wildman–Crippen MR) is 109 cm³/mol. The lowest BCUT2D eigenvalue weighted by Gasteiger charge is -2.30. The molecule has 1 atom stereocenters. The Morgan fingerprint density at radius 3 is 2.76 bits per heavy atom. The maximum absolute atomic E-state index is 9.34. The van der Waals surface area contributed by atoms with Crippen LogP contribution >= 0.6 is 0 Å². The lowest BCUT2D eigenvalue weighted by Crippen LogP contribution is -2.41. The SMILES string of the molecule is COC1=NC(N)N(c2cnc(C#N)c(OCCN(C)C)c2)C=C1c1cnn(C)c1. The van der Waals surface area contributed by atoms with Crippen molar-refractivity contribution >= 4 is 17.2 Å². The molecule has 2 N–H and O–H groups in total. The van der Waals surface area contributed by atoms with Crippen LogP contribution in [0, 0.1) is 11.3 Å². The van der Waals surface area contributed by atoms with Crippen LogP contribution in [0.4, 0.5) is 5.69 Å². The molecule has 3 rings (SSSR count). The Hall–Kier alpha value is -3.42. The fraction of sp³-hybridized carbons (Fsp3) is 0.368. The Balaban J connectivity index is 1.95. The second-order valence-corrected chi connectivity index (χ2v) is 6.71. The Bertz CT molecular complexity index is 973. The highest BCUT2D eigenvalue weighted by molar-refractivity contribution is 6.20. The minimum atomic E-state index is -0.713. The molecule has 1 unspecified atom stereocenters. The van der Waals surface area contributed by atoms with Gasteiger partial charge in [0.1, 0.15) is 12.7 Å². The molecule has 0 fully saturated rings. The summed E-state index contributed by atoms with van der Waals surface area (Å²) in [5, 5.41) is 13.5. The maximum Gasteiger partial charge on any atom is 0.221 e. The molecule has 0 amide bonds. The zero-order valence-electron chi connectivity index (χ0n) is 16.9. The van der Waals surface area contributed by atoms with Crippen molar-refractivity contribution < 1.29 is 9.47 Å². The van der Waals surface area contributed by atoms with Gasteiger partial charge in [0.2, 0.25) is 5.90 Å². The first-order valence-electron chi connectivity index (χ1n) is 8.97. The highest BCUT2D eigenvalue weighted by Gasteiger charge is 2.25. The van der Waals surface area contributed by atoms with E-state index in [1.807, 2.05) is 38.4 Å². The minimum Gasteiger partial charge on any atom is -0.489 e. The number of pyridine rings is 1. The number of likely N-dealkylation sites (N-methyl/N-ethyl adjacent to an activating group) is 1. The molecule has 2 aromatic heterocycles. The Labute approximate surface area is 169 Å². The number of rotatable bonds is 6. The summed E-state index contributed by atoms with van der Waals surface area (Å²) in [7, 11) is 7.28. The molecule has 1 aliphatic heterocycles. The largest absolute Gasteiger partial charge is 0.489 e. The van der Waals surface area contributed by atoms with Gasteiger partial charge in [-0.3, -0.25) is 10.4 Å². The van der Waals surface area contributed by atoms with Gasteiger partial charge in [-0.2, -0.15) is 10.4 Å². The molecule has 0 radical (unpaired) electrons. The van der Waals surface area contributed by atoms with Gasteiger partial charge < -0.3 is 19.3 Å². The van der Waals surface area contributed by atoms with Crippen molar-refractivity contribution in [3.05, 3.63) is 42.1 Å². The molecule has 10 nitrogen and oxygen atoms in total. The van der Waals surface area contributed by atoms with Crippen molar-refractivity contribution in [2.75, 3.05) is 39.3 Å². The topological polar surface area (TPSA) is 118 Å². The fourth-order valence-electron chi connectivity index (χ4n) is 2.78. The van der Waals surface area contributed by atoms with E-state index in [9.17, 15) is 5.26 Å². The van der Waals surface area contributed by atoms with Gasteiger partial charge in [0.25, 0.3) is 0 Å². The van der Waals surface area contributed by atoms with Gasteiger partial charge in [0, 0.05) is 37.6 Å². The number of nitrogens with two attached hydrogens (primary N) is 1. The van der Waals surface area contributed by atoms with Crippen LogP contribution < -0.4 is 15.4 Å². The van der Waals surface area contributed by atoms with Crippen molar-refractivity contribution in [1.29, 1.82) is 5.26 Å². The van der Waals surface area contributed by atoms with E-state index < -0.39 is 6.29 Å². The Morgan fingerprint density at radius 1 is 1.34 bits per heavy atom. The van der Waals surface area contributed by atoms with Gasteiger partial charge in [-0.15, -0.1) is 0 Å². The van der Waals surface area contributed by atoms with Gasteiger partial charge in [0.15, 0.2) is 17.7 Å². The number of aliphatic imine (C=N–C) groups is 1. The van der Waals surface area contributed by atoms with Crippen LogP contribution in [0.3, 0.4) is 0 Å². The van der Waals surface area contributed by atoms with E-state index >= 15 is 0 Å². The molecular weight excluding hydrogens is 372 g/mol. The lowest BCUT2D eigenvalue weighted by atomic mass is 10.1.